The standard InChI is InChI=1S/C10H10N4O/c11-3-6-14(7-4-12)10-9(8-15)2-1-5-13-10/h1-2,5,15H,6-8H2. The van der Waals surface area contributed by atoms with Gasteiger partial charge in [0.25, 0.3) is 0 Å². The summed E-state index contributed by atoms with van der Waals surface area (Å²) in [7, 11) is 0. The summed E-state index contributed by atoms with van der Waals surface area (Å²) in [5.41, 5.74) is 0.614. The molecule has 5 heteroatoms. The van der Waals surface area contributed by atoms with Crippen LogP contribution in [-0.2, 0) is 6.61 Å². The maximum atomic E-state index is 9.07. The van der Waals surface area contributed by atoms with Crippen molar-refractivity contribution in [2.24, 2.45) is 0 Å². The number of rotatable bonds is 4. The number of anilines is 1. The molecule has 1 N–H and O–H groups in total. The lowest BCUT2D eigenvalue weighted by atomic mass is 10.2. The highest BCUT2D eigenvalue weighted by molar-refractivity contribution is 5.48. The van der Waals surface area contributed by atoms with E-state index >= 15 is 0 Å². The molecule has 1 rings (SSSR count). The third-order valence-electron chi connectivity index (χ3n) is 1.86. The average molecular weight is 202 g/mol. The van der Waals surface area contributed by atoms with Crippen LogP contribution >= 0.6 is 0 Å². The van der Waals surface area contributed by atoms with Crippen molar-refractivity contribution in [2.75, 3.05) is 18.0 Å². The minimum atomic E-state index is -0.156. The van der Waals surface area contributed by atoms with Gasteiger partial charge in [-0.3, -0.25) is 0 Å². The van der Waals surface area contributed by atoms with Gasteiger partial charge in [-0.15, -0.1) is 0 Å². The van der Waals surface area contributed by atoms with Gasteiger partial charge in [-0.25, -0.2) is 4.98 Å². The largest absolute Gasteiger partial charge is 0.392 e. The molecule has 1 aromatic rings. The molecular formula is C10H10N4O. The van der Waals surface area contributed by atoms with E-state index in [0.717, 1.165) is 0 Å². The number of aliphatic hydroxyl groups excluding tert-OH is 1. The van der Waals surface area contributed by atoms with Crippen LogP contribution in [0.15, 0.2) is 18.3 Å². The normalized spacial score (nSPS) is 9.00. The summed E-state index contributed by atoms with van der Waals surface area (Å²) in [6.45, 7) is 0.00563. The SMILES string of the molecule is N#CCN(CC#N)c1ncccc1CO. The summed E-state index contributed by atoms with van der Waals surface area (Å²) in [4.78, 5) is 5.57. The minimum absolute atomic E-state index is 0.0809. The molecule has 0 aliphatic heterocycles. The molecule has 0 unspecified atom stereocenters. The number of hydrogen-bond donors (Lipinski definition) is 1. The van der Waals surface area contributed by atoms with Crippen molar-refractivity contribution in [2.45, 2.75) is 6.61 Å². The molecule has 0 bridgehead atoms. The van der Waals surface area contributed by atoms with Crippen molar-refractivity contribution in [3.05, 3.63) is 23.9 Å². The van der Waals surface area contributed by atoms with Crippen molar-refractivity contribution < 1.29 is 5.11 Å². The van der Waals surface area contributed by atoms with E-state index in [2.05, 4.69) is 4.98 Å². The van der Waals surface area contributed by atoms with Crippen LogP contribution in [0.4, 0.5) is 5.82 Å². The fourth-order valence-electron chi connectivity index (χ4n) is 1.21. The number of hydrogen-bond acceptors (Lipinski definition) is 5. The van der Waals surface area contributed by atoms with E-state index in [0.29, 0.717) is 11.4 Å². The Balaban J connectivity index is 3.00. The van der Waals surface area contributed by atoms with Gasteiger partial charge in [0.05, 0.1) is 18.7 Å². The van der Waals surface area contributed by atoms with Gasteiger partial charge in [-0.2, -0.15) is 10.5 Å². The smallest absolute Gasteiger partial charge is 0.135 e. The van der Waals surface area contributed by atoms with Gasteiger partial charge in [0.15, 0.2) is 0 Å². The Morgan fingerprint density at radius 1 is 1.33 bits per heavy atom. The molecule has 0 fully saturated rings. The molecule has 0 atom stereocenters. The maximum Gasteiger partial charge on any atom is 0.135 e. The molecule has 5 nitrogen and oxygen atoms in total. The van der Waals surface area contributed by atoms with Gasteiger partial charge < -0.3 is 10.0 Å². The van der Waals surface area contributed by atoms with Crippen molar-refractivity contribution in [1.29, 1.82) is 10.5 Å². The van der Waals surface area contributed by atoms with Gasteiger partial charge >= 0.3 is 0 Å². The molecular weight excluding hydrogens is 192 g/mol. The number of nitriles is 2. The van der Waals surface area contributed by atoms with Crippen LogP contribution in [0, 0.1) is 22.7 Å². The lowest BCUT2D eigenvalue weighted by Crippen LogP contribution is -2.26. The average Bonchev–Trinajstić information content (AvgIpc) is 2.29. The van der Waals surface area contributed by atoms with Crippen LogP contribution in [-0.4, -0.2) is 23.2 Å². The number of aromatic nitrogens is 1. The summed E-state index contributed by atoms with van der Waals surface area (Å²) >= 11 is 0. The Morgan fingerprint density at radius 3 is 2.53 bits per heavy atom. The zero-order valence-corrected chi connectivity index (χ0v) is 8.09. The lowest BCUT2D eigenvalue weighted by Gasteiger charge is -2.18. The number of nitrogens with zero attached hydrogens (tertiary/aromatic N) is 4. The molecule has 0 spiro atoms. The van der Waals surface area contributed by atoms with E-state index in [-0.39, 0.29) is 19.7 Å². The van der Waals surface area contributed by atoms with Crippen LogP contribution in [0.1, 0.15) is 5.56 Å². The molecule has 76 valence electrons. The maximum absolute atomic E-state index is 9.07. The third-order valence-corrected chi connectivity index (χ3v) is 1.86. The Labute approximate surface area is 87.8 Å². The van der Waals surface area contributed by atoms with E-state index in [9.17, 15) is 0 Å². The zero-order valence-electron chi connectivity index (χ0n) is 8.09. The van der Waals surface area contributed by atoms with E-state index in [1.165, 1.54) is 4.90 Å². The Hall–Kier alpha value is -2.11. The van der Waals surface area contributed by atoms with Crippen LogP contribution < -0.4 is 4.90 Å². The van der Waals surface area contributed by atoms with Crippen molar-refractivity contribution in [3.63, 3.8) is 0 Å². The number of pyridine rings is 1. The Morgan fingerprint density at radius 2 is 2.00 bits per heavy atom. The van der Waals surface area contributed by atoms with E-state index in [4.69, 9.17) is 15.6 Å². The quantitative estimate of drug-likeness (QED) is 0.715. The summed E-state index contributed by atoms with van der Waals surface area (Å²) in [6, 6.07) is 7.32. The fraction of sp³-hybridized carbons (Fsp3) is 0.300. The van der Waals surface area contributed by atoms with Crippen molar-refractivity contribution in [3.8, 4) is 12.1 Å². The van der Waals surface area contributed by atoms with Crippen molar-refractivity contribution >= 4 is 5.82 Å². The predicted octanol–water partition coefficient (Wildman–Crippen LogP) is 0.427. The van der Waals surface area contributed by atoms with Crippen molar-refractivity contribution in [1.82, 2.24) is 4.98 Å². The predicted molar refractivity (Wildman–Crippen MR) is 53.6 cm³/mol. The molecule has 0 aromatic carbocycles. The Bertz CT molecular complexity index is 389. The van der Waals surface area contributed by atoms with Gasteiger partial charge in [0.1, 0.15) is 18.9 Å². The minimum Gasteiger partial charge on any atom is -0.392 e. The highest BCUT2D eigenvalue weighted by Gasteiger charge is 2.10. The summed E-state index contributed by atoms with van der Waals surface area (Å²) in [5.74, 6) is 0.489. The first-order valence-corrected chi connectivity index (χ1v) is 4.37. The topological polar surface area (TPSA) is 83.9 Å². The second-order valence-corrected chi connectivity index (χ2v) is 2.82. The molecule has 0 saturated heterocycles. The second-order valence-electron chi connectivity index (χ2n) is 2.82. The van der Waals surface area contributed by atoms with Crippen LogP contribution in [0.2, 0.25) is 0 Å². The van der Waals surface area contributed by atoms with E-state index in [1.54, 1.807) is 18.3 Å². The first kappa shape index (κ1) is 11.0. The van der Waals surface area contributed by atoms with Gasteiger partial charge in [0, 0.05) is 11.8 Å². The summed E-state index contributed by atoms with van der Waals surface area (Å²) < 4.78 is 0. The fourth-order valence-corrected chi connectivity index (χ4v) is 1.21. The molecule has 0 aliphatic rings. The molecule has 0 radical (unpaired) electrons. The van der Waals surface area contributed by atoms with Crippen LogP contribution in [0.3, 0.4) is 0 Å². The lowest BCUT2D eigenvalue weighted by molar-refractivity contribution is 0.281. The van der Waals surface area contributed by atoms with E-state index < -0.39 is 0 Å². The zero-order chi connectivity index (χ0) is 11.1. The second kappa shape index (κ2) is 5.58. The molecule has 15 heavy (non-hydrogen) atoms. The summed E-state index contributed by atoms with van der Waals surface area (Å²) in [6.07, 6.45) is 1.57. The highest BCUT2D eigenvalue weighted by atomic mass is 16.3. The van der Waals surface area contributed by atoms with Gasteiger partial charge in [-0.1, -0.05) is 6.07 Å². The van der Waals surface area contributed by atoms with Crippen LogP contribution in [0.25, 0.3) is 0 Å². The molecule has 0 aliphatic carbocycles. The first-order valence-electron chi connectivity index (χ1n) is 4.37. The van der Waals surface area contributed by atoms with Gasteiger partial charge in [0.2, 0.25) is 0 Å². The first-order chi connectivity index (χ1) is 7.33. The molecule has 1 aromatic heterocycles. The highest BCUT2D eigenvalue weighted by Crippen LogP contribution is 2.16. The monoisotopic (exact) mass is 202 g/mol. The van der Waals surface area contributed by atoms with Crippen LogP contribution in [0.5, 0.6) is 0 Å². The Kier molecular flexibility index (Phi) is 4.08. The number of aliphatic hydroxyl groups is 1. The molecule has 1 heterocycles. The summed E-state index contributed by atoms with van der Waals surface area (Å²) in [5, 5.41) is 26.3. The molecule has 0 saturated carbocycles. The third kappa shape index (κ3) is 2.67. The van der Waals surface area contributed by atoms with Gasteiger partial charge in [-0.05, 0) is 6.07 Å². The van der Waals surface area contributed by atoms with E-state index in [1.807, 2.05) is 12.1 Å². The molecule has 0 amide bonds.